The highest BCUT2D eigenvalue weighted by Gasteiger charge is 2.17. The molecule has 1 aromatic rings. The maximum atomic E-state index is 11.1. The zero-order valence-corrected chi connectivity index (χ0v) is 7.27. The molecule has 0 spiro atoms. The standard InChI is InChI=1S/C7H6BrNO2/c8-5-3-9-7(10)4-1-2-11-6(4)5/h3H,1-2H2,(H,9,10). The van der Waals surface area contributed by atoms with E-state index in [-0.39, 0.29) is 5.56 Å². The molecule has 58 valence electrons. The van der Waals surface area contributed by atoms with E-state index in [1.807, 2.05) is 0 Å². The van der Waals surface area contributed by atoms with Crippen LogP contribution in [0.25, 0.3) is 0 Å². The number of nitrogens with one attached hydrogen (secondary N) is 1. The quantitative estimate of drug-likeness (QED) is 0.704. The molecular formula is C7H6BrNO2. The molecule has 1 aliphatic heterocycles. The van der Waals surface area contributed by atoms with Crippen LogP contribution in [0.5, 0.6) is 5.75 Å². The Morgan fingerprint density at radius 3 is 3.18 bits per heavy atom. The van der Waals surface area contributed by atoms with Crippen LogP contribution in [0.15, 0.2) is 15.5 Å². The summed E-state index contributed by atoms with van der Waals surface area (Å²) < 4.78 is 6.07. The SMILES string of the molecule is O=c1[nH]cc(Br)c2c1CCO2. The van der Waals surface area contributed by atoms with Crippen molar-refractivity contribution in [1.82, 2.24) is 4.98 Å². The molecule has 2 rings (SSSR count). The Hall–Kier alpha value is -0.770. The monoisotopic (exact) mass is 215 g/mol. The Kier molecular flexibility index (Phi) is 1.49. The predicted octanol–water partition coefficient (Wildman–Crippen LogP) is 1.07. The zero-order valence-electron chi connectivity index (χ0n) is 5.69. The summed E-state index contributed by atoms with van der Waals surface area (Å²) in [4.78, 5) is 13.7. The minimum absolute atomic E-state index is 0.0410. The summed E-state index contributed by atoms with van der Waals surface area (Å²) >= 11 is 3.29. The van der Waals surface area contributed by atoms with E-state index in [1.165, 1.54) is 0 Å². The van der Waals surface area contributed by atoms with Crippen molar-refractivity contribution in [1.29, 1.82) is 0 Å². The van der Waals surface area contributed by atoms with Crippen molar-refractivity contribution >= 4 is 15.9 Å². The lowest BCUT2D eigenvalue weighted by atomic mass is 10.2. The smallest absolute Gasteiger partial charge is 0.255 e. The molecule has 0 unspecified atom stereocenters. The van der Waals surface area contributed by atoms with Crippen LogP contribution in [-0.4, -0.2) is 11.6 Å². The van der Waals surface area contributed by atoms with Gasteiger partial charge in [0.1, 0.15) is 5.75 Å². The molecule has 0 amide bonds. The Balaban J connectivity index is 2.74. The van der Waals surface area contributed by atoms with E-state index < -0.39 is 0 Å². The molecular weight excluding hydrogens is 210 g/mol. The van der Waals surface area contributed by atoms with Crippen molar-refractivity contribution < 1.29 is 4.74 Å². The summed E-state index contributed by atoms with van der Waals surface area (Å²) in [6, 6.07) is 0. The zero-order chi connectivity index (χ0) is 7.84. The van der Waals surface area contributed by atoms with Gasteiger partial charge in [-0.3, -0.25) is 4.79 Å². The summed E-state index contributed by atoms with van der Waals surface area (Å²) in [5.41, 5.74) is 0.708. The molecule has 0 radical (unpaired) electrons. The molecule has 3 nitrogen and oxygen atoms in total. The second-order valence-corrected chi connectivity index (χ2v) is 3.23. The van der Waals surface area contributed by atoms with Crippen LogP contribution in [0.4, 0.5) is 0 Å². The lowest BCUT2D eigenvalue weighted by molar-refractivity contribution is 0.355. The number of aromatic amines is 1. The van der Waals surface area contributed by atoms with Gasteiger partial charge in [-0.2, -0.15) is 0 Å². The van der Waals surface area contributed by atoms with Gasteiger partial charge in [-0.15, -0.1) is 0 Å². The average Bonchev–Trinajstić information content (AvgIpc) is 2.45. The first kappa shape index (κ1) is 6.91. The van der Waals surface area contributed by atoms with Crippen LogP contribution in [0, 0.1) is 0 Å². The molecule has 0 atom stereocenters. The Labute approximate surface area is 71.5 Å². The first-order valence-corrected chi connectivity index (χ1v) is 4.11. The van der Waals surface area contributed by atoms with Gasteiger partial charge in [0.05, 0.1) is 16.6 Å². The van der Waals surface area contributed by atoms with Crippen LogP contribution in [0.1, 0.15) is 5.56 Å². The maximum Gasteiger partial charge on any atom is 0.255 e. The summed E-state index contributed by atoms with van der Waals surface area (Å²) in [7, 11) is 0. The summed E-state index contributed by atoms with van der Waals surface area (Å²) in [6.45, 7) is 0.612. The van der Waals surface area contributed by atoms with Gasteiger partial charge in [-0.25, -0.2) is 0 Å². The number of hydrogen-bond acceptors (Lipinski definition) is 2. The second kappa shape index (κ2) is 2.37. The highest BCUT2D eigenvalue weighted by atomic mass is 79.9. The third kappa shape index (κ3) is 0.976. The van der Waals surface area contributed by atoms with Crippen LogP contribution in [0.2, 0.25) is 0 Å². The van der Waals surface area contributed by atoms with Gasteiger partial charge in [0.2, 0.25) is 0 Å². The first-order valence-electron chi connectivity index (χ1n) is 3.32. The Bertz CT molecular complexity index is 345. The van der Waals surface area contributed by atoms with Gasteiger partial charge < -0.3 is 9.72 Å². The largest absolute Gasteiger partial charge is 0.491 e. The van der Waals surface area contributed by atoms with Gasteiger partial charge in [-0.05, 0) is 15.9 Å². The number of pyridine rings is 1. The van der Waals surface area contributed by atoms with Gasteiger partial charge in [0.25, 0.3) is 5.56 Å². The van der Waals surface area contributed by atoms with Crippen molar-refractivity contribution in [2.45, 2.75) is 6.42 Å². The van der Waals surface area contributed by atoms with Crippen LogP contribution >= 0.6 is 15.9 Å². The molecule has 0 aromatic carbocycles. The summed E-state index contributed by atoms with van der Waals surface area (Å²) in [6.07, 6.45) is 2.32. The number of halogens is 1. The minimum Gasteiger partial charge on any atom is -0.491 e. The number of rotatable bonds is 0. The van der Waals surface area contributed by atoms with E-state index >= 15 is 0 Å². The first-order chi connectivity index (χ1) is 5.29. The fourth-order valence-electron chi connectivity index (χ4n) is 1.17. The molecule has 0 saturated heterocycles. The lowest BCUT2D eigenvalue weighted by Gasteiger charge is -1.98. The summed E-state index contributed by atoms with van der Waals surface area (Å²) in [5.74, 6) is 0.703. The lowest BCUT2D eigenvalue weighted by Crippen LogP contribution is -2.09. The van der Waals surface area contributed by atoms with Crippen LogP contribution in [0.3, 0.4) is 0 Å². The highest BCUT2D eigenvalue weighted by molar-refractivity contribution is 9.10. The molecule has 1 aromatic heterocycles. The van der Waals surface area contributed by atoms with E-state index in [4.69, 9.17) is 4.74 Å². The van der Waals surface area contributed by atoms with Crippen LogP contribution in [-0.2, 0) is 6.42 Å². The second-order valence-electron chi connectivity index (χ2n) is 2.37. The van der Waals surface area contributed by atoms with Gasteiger partial charge in [0.15, 0.2) is 0 Å². The molecule has 0 aliphatic carbocycles. The average molecular weight is 216 g/mol. The van der Waals surface area contributed by atoms with E-state index in [0.29, 0.717) is 18.8 Å². The van der Waals surface area contributed by atoms with E-state index in [1.54, 1.807) is 6.20 Å². The van der Waals surface area contributed by atoms with Gasteiger partial charge in [-0.1, -0.05) is 0 Å². The number of aromatic nitrogens is 1. The number of ether oxygens (including phenoxy) is 1. The van der Waals surface area contributed by atoms with E-state index in [9.17, 15) is 4.79 Å². The minimum atomic E-state index is -0.0410. The van der Waals surface area contributed by atoms with Crippen molar-refractivity contribution in [3.05, 3.63) is 26.6 Å². The fraction of sp³-hybridized carbons (Fsp3) is 0.286. The third-order valence-corrected chi connectivity index (χ3v) is 2.28. The Morgan fingerprint density at radius 1 is 1.64 bits per heavy atom. The van der Waals surface area contributed by atoms with Crippen molar-refractivity contribution in [2.24, 2.45) is 0 Å². The molecule has 2 heterocycles. The topological polar surface area (TPSA) is 42.1 Å². The summed E-state index contributed by atoms with van der Waals surface area (Å²) in [5, 5.41) is 0. The fourth-order valence-corrected chi connectivity index (χ4v) is 1.64. The van der Waals surface area contributed by atoms with E-state index in [0.717, 1.165) is 10.0 Å². The molecule has 1 aliphatic rings. The Morgan fingerprint density at radius 2 is 2.45 bits per heavy atom. The molecule has 0 fully saturated rings. The van der Waals surface area contributed by atoms with Gasteiger partial charge in [0, 0.05) is 12.6 Å². The van der Waals surface area contributed by atoms with Crippen LogP contribution < -0.4 is 10.3 Å². The maximum absolute atomic E-state index is 11.1. The predicted molar refractivity (Wildman–Crippen MR) is 44.0 cm³/mol. The molecule has 1 N–H and O–H groups in total. The number of H-pyrrole nitrogens is 1. The molecule has 0 saturated carbocycles. The molecule has 4 heteroatoms. The molecule has 11 heavy (non-hydrogen) atoms. The van der Waals surface area contributed by atoms with E-state index in [2.05, 4.69) is 20.9 Å². The third-order valence-electron chi connectivity index (χ3n) is 1.69. The van der Waals surface area contributed by atoms with Crippen molar-refractivity contribution in [2.75, 3.05) is 6.61 Å². The number of hydrogen-bond donors (Lipinski definition) is 1. The number of fused-ring (bicyclic) bond motifs is 1. The highest BCUT2D eigenvalue weighted by Crippen LogP contribution is 2.29. The van der Waals surface area contributed by atoms with Gasteiger partial charge >= 0.3 is 0 Å². The normalized spacial score (nSPS) is 14.3. The van der Waals surface area contributed by atoms with Crippen molar-refractivity contribution in [3.8, 4) is 5.75 Å². The molecule has 0 bridgehead atoms. The van der Waals surface area contributed by atoms with Crippen molar-refractivity contribution in [3.63, 3.8) is 0 Å².